The molecular weight excluding hydrogens is 245 g/mol. The SMILES string of the molecule is C[C@@H](c1ncccc1S(N)(=O)=O)C(F)(F)F. The molecule has 0 spiro atoms. The Bertz CT molecular complexity index is 484. The third-order valence-electron chi connectivity index (χ3n) is 2.01. The fourth-order valence-electron chi connectivity index (χ4n) is 1.12. The van der Waals surface area contributed by atoms with Crippen LogP contribution < -0.4 is 5.14 Å². The number of halogens is 3. The molecule has 4 nitrogen and oxygen atoms in total. The van der Waals surface area contributed by atoms with Gasteiger partial charge in [0.15, 0.2) is 0 Å². The second-order valence-electron chi connectivity index (χ2n) is 3.20. The van der Waals surface area contributed by atoms with Crippen LogP contribution in [0.3, 0.4) is 0 Å². The third kappa shape index (κ3) is 2.70. The van der Waals surface area contributed by atoms with Crippen molar-refractivity contribution in [2.24, 2.45) is 5.14 Å². The van der Waals surface area contributed by atoms with Crippen molar-refractivity contribution in [2.75, 3.05) is 0 Å². The van der Waals surface area contributed by atoms with Crippen molar-refractivity contribution in [1.29, 1.82) is 0 Å². The summed E-state index contributed by atoms with van der Waals surface area (Å²) in [5, 5.41) is 4.80. The van der Waals surface area contributed by atoms with Crippen LogP contribution in [0.2, 0.25) is 0 Å². The molecule has 0 unspecified atom stereocenters. The molecule has 16 heavy (non-hydrogen) atoms. The molecule has 1 aromatic heterocycles. The highest BCUT2D eigenvalue weighted by Gasteiger charge is 2.40. The maximum absolute atomic E-state index is 12.4. The Kier molecular flexibility index (Phi) is 3.25. The molecule has 8 heteroatoms. The Morgan fingerprint density at radius 2 is 2.00 bits per heavy atom. The predicted octanol–water partition coefficient (Wildman–Crippen LogP) is 1.39. The molecule has 0 aliphatic rings. The fourth-order valence-corrected chi connectivity index (χ4v) is 1.91. The van der Waals surface area contributed by atoms with Crippen LogP contribution in [-0.4, -0.2) is 19.6 Å². The monoisotopic (exact) mass is 254 g/mol. The van der Waals surface area contributed by atoms with E-state index in [-0.39, 0.29) is 0 Å². The summed E-state index contributed by atoms with van der Waals surface area (Å²) in [7, 11) is -4.20. The Morgan fingerprint density at radius 3 is 2.44 bits per heavy atom. The van der Waals surface area contributed by atoms with Gasteiger partial charge in [-0.3, -0.25) is 4.98 Å². The number of hydrogen-bond acceptors (Lipinski definition) is 3. The van der Waals surface area contributed by atoms with Crippen molar-refractivity contribution in [3.63, 3.8) is 0 Å². The van der Waals surface area contributed by atoms with Gasteiger partial charge in [-0.2, -0.15) is 13.2 Å². The quantitative estimate of drug-likeness (QED) is 0.866. The van der Waals surface area contributed by atoms with Crippen molar-refractivity contribution in [1.82, 2.24) is 4.98 Å². The van der Waals surface area contributed by atoms with Crippen LogP contribution in [-0.2, 0) is 10.0 Å². The van der Waals surface area contributed by atoms with Crippen LogP contribution in [0.1, 0.15) is 18.5 Å². The van der Waals surface area contributed by atoms with Crippen molar-refractivity contribution in [3.05, 3.63) is 24.0 Å². The molecule has 0 aliphatic carbocycles. The lowest BCUT2D eigenvalue weighted by molar-refractivity contribution is -0.147. The van der Waals surface area contributed by atoms with Gasteiger partial charge >= 0.3 is 6.18 Å². The number of alkyl halides is 3. The molecule has 0 saturated carbocycles. The van der Waals surface area contributed by atoms with Crippen molar-refractivity contribution < 1.29 is 21.6 Å². The molecule has 0 amide bonds. The summed E-state index contributed by atoms with van der Waals surface area (Å²) in [5.74, 6) is -1.98. The minimum absolute atomic E-state index is 0.586. The maximum Gasteiger partial charge on any atom is 0.397 e. The highest BCUT2D eigenvalue weighted by atomic mass is 32.2. The van der Waals surface area contributed by atoms with Crippen LogP contribution in [0.25, 0.3) is 0 Å². The smallest absolute Gasteiger partial charge is 0.259 e. The molecule has 0 radical (unpaired) electrons. The predicted molar refractivity (Wildman–Crippen MR) is 50.1 cm³/mol. The molecule has 1 rings (SSSR count). The topological polar surface area (TPSA) is 73.0 Å². The minimum Gasteiger partial charge on any atom is -0.259 e. The van der Waals surface area contributed by atoms with E-state index < -0.39 is 32.7 Å². The van der Waals surface area contributed by atoms with Crippen LogP contribution in [0.4, 0.5) is 13.2 Å². The van der Waals surface area contributed by atoms with Crippen LogP contribution in [0.15, 0.2) is 23.2 Å². The Morgan fingerprint density at radius 1 is 1.44 bits per heavy atom. The summed E-state index contributed by atoms with van der Waals surface area (Å²) in [6.07, 6.45) is -3.47. The molecule has 1 aromatic rings. The van der Waals surface area contributed by atoms with Crippen LogP contribution >= 0.6 is 0 Å². The summed E-state index contributed by atoms with van der Waals surface area (Å²) in [5.41, 5.74) is -0.586. The molecule has 0 aliphatic heterocycles. The van der Waals surface area contributed by atoms with Crippen LogP contribution in [0, 0.1) is 0 Å². The highest BCUT2D eigenvalue weighted by Crippen LogP contribution is 2.35. The second-order valence-corrected chi connectivity index (χ2v) is 4.72. The van der Waals surface area contributed by atoms with E-state index in [9.17, 15) is 21.6 Å². The van der Waals surface area contributed by atoms with E-state index in [1.807, 2.05) is 0 Å². The van der Waals surface area contributed by atoms with E-state index in [0.717, 1.165) is 19.2 Å². The fraction of sp³-hybridized carbons (Fsp3) is 0.375. The van der Waals surface area contributed by atoms with Gasteiger partial charge < -0.3 is 0 Å². The zero-order chi connectivity index (χ0) is 12.6. The summed E-state index contributed by atoms with van der Waals surface area (Å²) >= 11 is 0. The lowest BCUT2D eigenvalue weighted by Gasteiger charge is -2.16. The number of pyridine rings is 1. The summed E-state index contributed by atoms with van der Waals surface area (Å²) in [6.45, 7) is 0.830. The Hall–Kier alpha value is -1.15. The van der Waals surface area contributed by atoms with E-state index in [1.165, 1.54) is 6.07 Å². The highest BCUT2D eigenvalue weighted by molar-refractivity contribution is 7.89. The number of nitrogens with two attached hydrogens (primary N) is 1. The molecule has 2 N–H and O–H groups in total. The number of primary sulfonamides is 1. The van der Waals surface area contributed by atoms with Crippen molar-refractivity contribution in [3.8, 4) is 0 Å². The number of nitrogens with zero attached hydrogens (tertiary/aromatic N) is 1. The van der Waals surface area contributed by atoms with Gasteiger partial charge in [0.05, 0.1) is 11.6 Å². The van der Waals surface area contributed by atoms with Gasteiger partial charge in [-0.05, 0) is 19.1 Å². The number of sulfonamides is 1. The Labute approximate surface area is 90.3 Å². The molecular formula is C8H9F3N2O2S. The first-order chi connectivity index (χ1) is 7.14. The normalized spacial score (nSPS) is 14.8. The third-order valence-corrected chi connectivity index (χ3v) is 2.97. The van der Waals surface area contributed by atoms with Gasteiger partial charge in [0.1, 0.15) is 4.90 Å². The lowest BCUT2D eigenvalue weighted by atomic mass is 10.1. The molecule has 90 valence electrons. The molecule has 0 aromatic carbocycles. The first-order valence-electron chi connectivity index (χ1n) is 4.18. The second kappa shape index (κ2) is 4.02. The molecule has 0 fully saturated rings. The Balaban J connectivity index is 3.36. The number of rotatable bonds is 2. The van der Waals surface area contributed by atoms with E-state index in [4.69, 9.17) is 5.14 Å². The first-order valence-corrected chi connectivity index (χ1v) is 5.73. The first kappa shape index (κ1) is 12.9. The standard InChI is InChI=1S/C8H9F3N2O2S/c1-5(8(9,10)11)7-6(16(12,14)15)3-2-4-13-7/h2-5H,1H3,(H2,12,14,15)/t5-/m0/s1. The molecule has 1 atom stereocenters. The average molecular weight is 254 g/mol. The molecule has 1 heterocycles. The summed E-state index contributed by atoms with van der Waals surface area (Å²) < 4.78 is 59.4. The minimum atomic E-state index is -4.56. The van der Waals surface area contributed by atoms with Crippen molar-refractivity contribution in [2.45, 2.75) is 23.9 Å². The van der Waals surface area contributed by atoms with Gasteiger partial charge in [-0.1, -0.05) is 0 Å². The summed E-state index contributed by atoms with van der Waals surface area (Å²) in [4.78, 5) is 2.83. The summed E-state index contributed by atoms with van der Waals surface area (Å²) in [6, 6.07) is 2.21. The molecule has 0 saturated heterocycles. The van der Waals surface area contributed by atoms with E-state index >= 15 is 0 Å². The lowest BCUT2D eigenvalue weighted by Crippen LogP contribution is -2.23. The van der Waals surface area contributed by atoms with Crippen molar-refractivity contribution >= 4 is 10.0 Å². The van der Waals surface area contributed by atoms with Gasteiger partial charge in [0, 0.05) is 6.20 Å². The maximum atomic E-state index is 12.4. The van der Waals surface area contributed by atoms with Gasteiger partial charge in [0.2, 0.25) is 10.0 Å². The average Bonchev–Trinajstić information content (AvgIpc) is 2.14. The molecule has 0 bridgehead atoms. The van der Waals surface area contributed by atoms with Gasteiger partial charge in [0.25, 0.3) is 0 Å². The van der Waals surface area contributed by atoms with Gasteiger partial charge in [-0.25, -0.2) is 13.6 Å². The van der Waals surface area contributed by atoms with Crippen LogP contribution in [0.5, 0.6) is 0 Å². The van der Waals surface area contributed by atoms with E-state index in [0.29, 0.717) is 0 Å². The number of aromatic nitrogens is 1. The number of hydrogen-bond donors (Lipinski definition) is 1. The largest absolute Gasteiger partial charge is 0.397 e. The zero-order valence-corrected chi connectivity index (χ0v) is 9.01. The van der Waals surface area contributed by atoms with E-state index in [2.05, 4.69) is 4.98 Å². The van der Waals surface area contributed by atoms with Gasteiger partial charge in [-0.15, -0.1) is 0 Å². The van der Waals surface area contributed by atoms with E-state index in [1.54, 1.807) is 0 Å². The zero-order valence-electron chi connectivity index (χ0n) is 8.19.